The molecule has 0 saturated heterocycles. The first-order chi connectivity index (χ1) is 28.3. The van der Waals surface area contributed by atoms with Gasteiger partial charge in [0.05, 0.1) is 0 Å². The summed E-state index contributed by atoms with van der Waals surface area (Å²) in [5.41, 5.74) is 11.2. The lowest BCUT2D eigenvalue weighted by molar-refractivity contribution is 0.670. The van der Waals surface area contributed by atoms with Gasteiger partial charge in [0.2, 0.25) is 0 Å². The van der Waals surface area contributed by atoms with Crippen molar-refractivity contribution in [3.05, 3.63) is 200 Å². The smallest absolute Gasteiger partial charge is 0.164 e. The van der Waals surface area contributed by atoms with Crippen molar-refractivity contribution in [3.8, 4) is 67.5 Å². The van der Waals surface area contributed by atoms with Gasteiger partial charge in [0, 0.05) is 33.0 Å². The number of furan rings is 1. The van der Waals surface area contributed by atoms with Crippen molar-refractivity contribution >= 4 is 43.5 Å². The van der Waals surface area contributed by atoms with Gasteiger partial charge in [0.15, 0.2) is 17.5 Å². The second-order valence-electron chi connectivity index (χ2n) is 14.3. The number of rotatable bonds is 6. The molecule has 57 heavy (non-hydrogen) atoms. The lowest BCUT2D eigenvalue weighted by atomic mass is 9.93. The van der Waals surface area contributed by atoms with Gasteiger partial charge in [-0.1, -0.05) is 182 Å². The van der Waals surface area contributed by atoms with E-state index < -0.39 is 0 Å². The minimum Gasteiger partial charge on any atom is -0.455 e. The molecule has 2 heterocycles. The lowest BCUT2D eigenvalue weighted by Gasteiger charge is -2.16. The average Bonchev–Trinajstić information content (AvgIpc) is 3.68. The van der Waals surface area contributed by atoms with Gasteiger partial charge < -0.3 is 4.42 Å². The van der Waals surface area contributed by atoms with Crippen LogP contribution in [-0.4, -0.2) is 15.0 Å². The van der Waals surface area contributed by atoms with Crippen molar-refractivity contribution in [2.45, 2.75) is 0 Å². The first kappa shape index (κ1) is 32.7. The van der Waals surface area contributed by atoms with Gasteiger partial charge >= 0.3 is 0 Å². The lowest BCUT2D eigenvalue weighted by Crippen LogP contribution is -2.02. The molecule has 0 bridgehead atoms. The zero-order valence-electron chi connectivity index (χ0n) is 30.8. The Balaban J connectivity index is 1.16. The van der Waals surface area contributed by atoms with Crippen LogP contribution in [0, 0.1) is 0 Å². The highest BCUT2D eigenvalue weighted by molar-refractivity contribution is 6.13. The summed E-state index contributed by atoms with van der Waals surface area (Å²) in [6, 6.07) is 69.7. The Labute approximate surface area is 329 Å². The Hall–Kier alpha value is -7.69. The van der Waals surface area contributed by atoms with E-state index in [1.54, 1.807) is 0 Å². The number of hydrogen-bond donors (Lipinski definition) is 0. The highest BCUT2D eigenvalue weighted by Gasteiger charge is 2.21. The molecule has 0 saturated carbocycles. The van der Waals surface area contributed by atoms with Crippen LogP contribution in [-0.2, 0) is 0 Å². The molecule has 11 aromatic rings. The minimum atomic E-state index is 0.610. The monoisotopic (exact) mass is 727 g/mol. The SMILES string of the molecule is c1ccc(-c2ccccc2-c2nc(-c3ccc(-c4ccccc4)c4ccccc34)nc(-c3ccc(-c4cccc5c4oc4ccccc45)c4ccccc34)n2)cc1. The van der Waals surface area contributed by atoms with Gasteiger partial charge in [-0.2, -0.15) is 0 Å². The van der Waals surface area contributed by atoms with E-state index in [0.717, 1.165) is 82.4 Å². The zero-order chi connectivity index (χ0) is 37.7. The molecular weight excluding hydrogens is 695 g/mol. The van der Waals surface area contributed by atoms with Crippen LogP contribution in [0.1, 0.15) is 0 Å². The van der Waals surface area contributed by atoms with Gasteiger partial charge in [-0.25, -0.2) is 15.0 Å². The zero-order valence-corrected chi connectivity index (χ0v) is 30.8. The quantitative estimate of drug-likeness (QED) is 0.171. The van der Waals surface area contributed by atoms with Crippen molar-refractivity contribution in [1.29, 1.82) is 0 Å². The average molecular weight is 728 g/mol. The van der Waals surface area contributed by atoms with Crippen LogP contribution in [0.4, 0.5) is 0 Å². The molecule has 266 valence electrons. The normalized spacial score (nSPS) is 11.5. The Bertz CT molecular complexity index is 3300. The summed E-state index contributed by atoms with van der Waals surface area (Å²) in [7, 11) is 0. The Morgan fingerprint density at radius 3 is 1.28 bits per heavy atom. The van der Waals surface area contributed by atoms with Crippen molar-refractivity contribution in [3.63, 3.8) is 0 Å². The molecule has 2 aromatic heterocycles. The fraction of sp³-hybridized carbons (Fsp3) is 0. The predicted octanol–water partition coefficient (Wildman–Crippen LogP) is 14.1. The molecule has 0 radical (unpaired) electrons. The number of fused-ring (bicyclic) bond motifs is 5. The molecule has 4 nitrogen and oxygen atoms in total. The molecule has 0 unspecified atom stereocenters. The number of benzene rings is 9. The standard InChI is InChI=1S/C53H33N3O/c1-3-16-34(17-4-1)36-20-7-12-26-46(36)51-54-52(47-32-30-37(35-18-5-2-6-19-35)38-21-8-10-23-40(38)47)56-53(55-51)48-33-31-42(39-22-9-11-24-41(39)48)44-27-15-28-45-43-25-13-14-29-49(43)57-50(44)45/h1-33H. The predicted molar refractivity (Wildman–Crippen MR) is 235 cm³/mol. The van der Waals surface area contributed by atoms with E-state index in [9.17, 15) is 0 Å². The maximum Gasteiger partial charge on any atom is 0.164 e. The maximum absolute atomic E-state index is 6.52. The maximum atomic E-state index is 6.52. The minimum absolute atomic E-state index is 0.610. The van der Waals surface area contributed by atoms with Crippen molar-refractivity contribution in [1.82, 2.24) is 15.0 Å². The third kappa shape index (κ3) is 5.58. The summed E-state index contributed by atoms with van der Waals surface area (Å²) in [5.74, 6) is 1.85. The van der Waals surface area contributed by atoms with Crippen LogP contribution in [0.5, 0.6) is 0 Å². The Kier molecular flexibility index (Phi) is 7.78. The van der Waals surface area contributed by atoms with Gasteiger partial charge in [0.1, 0.15) is 11.2 Å². The molecule has 0 spiro atoms. The number of para-hydroxylation sites is 2. The van der Waals surface area contributed by atoms with Crippen LogP contribution in [0.2, 0.25) is 0 Å². The highest BCUT2D eigenvalue weighted by Crippen LogP contribution is 2.42. The molecule has 4 heteroatoms. The second-order valence-corrected chi connectivity index (χ2v) is 14.3. The molecule has 0 N–H and O–H groups in total. The summed E-state index contributed by atoms with van der Waals surface area (Å²) in [5, 5.41) is 6.58. The van der Waals surface area contributed by atoms with Gasteiger partial charge in [-0.15, -0.1) is 0 Å². The summed E-state index contributed by atoms with van der Waals surface area (Å²) >= 11 is 0. The first-order valence-electron chi connectivity index (χ1n) is 19.2. The summed E-state index contributed by atoms with van der Waals surface area (Å²) in [6.07, 6.45) is 0. The Morgan fingerprint density at radius 1 is 0.246 bits per heavy atom. The van der Waals surface area contributed by atoms with E-state index in [1.807, 2.05) is 18.2 Å². The summed E-state index contributed by atoms with van der Waals surface area (Å²) < 4.78 is 6.52. The third-order valence-corrected chi connectivity index (χ3v) is 11.0. The van der Waals surface area contributed by atoms with Crippen LogP contribution in [0.25, 0.3) is 111 Å². The van der Waals surface area contributed by atoms with Gasteiger partial charge in [-0.05, 0) is 67.6 Å². The van der Waals surface area contributed by atoms with Gasteiger partial charge in [0.25, 0.3) is 0 Å². The molecule has 11 rings (SSSR count). The fourth-order valence-electron chi connectivity index (χ4n) is 8.34. The molecule has 0 aliphatic carbocycles. The van der Waals surface area contributed by atoms with E-state index in [2.05, 4.69) is 182 Å². The van der Waals surface area contributed by atoms with E-state index in [4.69, 9.17) is 19.4 Å². The van der Waals surface area contributed by atoms with E-state index >= 15 is 0 Å². The first-order valence-corrected chi connectivity index (χ1v) is 19.2. The number of nitrogens with zero attached hydrogens (tertiary/aromatic N) is 3. The molecule has 0 amide bonds. The van der Waals surface area contributed by atoms with E-state index in [0.29, 0.717) is 17.5 Å². The number of hydrogen-bond acceptors (Lipinski definition) is 4. The van der Waals surface area contributed by atoms with Crippen molar-refractivity contribution in [2.75, 3.05) is 0 Å². The van der Waals surface area contributed by atoms with Crippen LogP contribution in [0.15, 0.2) is 205 Å². The Morgan fingerprint density at radius 2 is 0.649 bits per heavy atom. The fourth-order valence-corrected chi connectivity index (χ4v) is 8.34. The topological polar surface area (TPSA) is 51.8 Å². The third-order valence-electron chi connectivity index (χ3n) is 11.0. The van der Waals surface area contributed by atoms with E-state index in [-0.39, 0.29) is 0 Å². The van der Waals surface area contributed by atoms with Crippen molar-refractivity contribution < 1.29 is 4.42 Å². The molecule has 0 aliphatic heterocycles. The molecule has 0 atom stereocenters. The highest BCUT2D eigenvalue weighted by atomic mass is 16.3. The molecule has 9 aromatic carbocycles. The van der Waals surface area contributed by atoms with Crippen molar-refractivity contribution in [2.24, 2.45) is 0 Å². The largest absolute Gasteiger partial charge is 0.455 e. The van der Waals surface area contributed by atoms with Gasteiger partial charge in [-0.3, -0.25) is 0 Å². The van der Waals surface area contributed by atoms with Crippen LogP contribution < -0.4 is 0 Å². The van der Waals surface area contributed by atoms with E-state index in [1.165, 1.54) is 11.1 Å². The molecule has 0 fully saturated rings. The summed E-state index contributed by atoms with van der Waals surface area (Å²) in [6.45, 7) is 0. The molecular formula is C53H33N3O. The number of aromatic nitrogens is 3. The van der Waals surface area contributed by atoms with Crippen LogP contribution >= 0.6 is 0 Å². The summed E-state index contributed by atoms with van der Waals surface area (Å²) in [4.78, 5) is 16.0. The van der Waals surface area contributed by atoms with Crippen LogP contribution in [0.3, 0.4) is 0 Å². The molecule has 0 aliphatic rings. The second kappa shape index (κ2) is 13.6.